The van der Waals surface area contributed by atoms with Crippen molar-refractivity contribution in [2.75, 3.05) is 25.2 Å². The zero-order valence-electron chi connectivity index (χ0n) is 16.5. The van der Waals surface area contributed by atoms with Crippen molar-refractivity contribution >= 4 is 29.3 Å². The summed E-state index contributed by atoms with van der Waals surface area (Å²) in [6.45, 7) is 2.69. The summed E-state index contributed by atoms with van der Waals surface area (Å²) in [5, 5.41) is 12.0. The van der Waals surface area contributed by atoms with Crippen LogP contribution in [0, 0.1) is 0 Å². The summed E-state index contributed by atoms with van der Waals surface area (Å²) in [7, 11) is 3.40. The first-order chi connectivity index (χ1) is 14.0. The summed E-state index contributed by atoms with van der Waals surface area (Å²) in [5.74, 6) is 0.686. The summed E-state index contributed by atoms with van der Waals surface area (Å²) < 4.78 is 1.95. The van der Waals surface area contributed by atoms with Crippen molar-refractivity contribution in [1.82, 2.24) is 24.6 Å². The molecule has 0 bridgehead atoms. The molecule has 0 atom stereocenters. The van der Waals surface area contributed by atoms with Crippen LogP contribution in [0.2, 0.25) is 0 Å². The number of thioether (sulfide) groups is 1. The molecule has 2 aromatic heterocycles. The lowest BCUT2D eigenvalue weighted by Gasteiger charge is -2.11. The maximum absolute atomic E-state index is 12.3. The van der Waals surface area contributed by atoms with Gasteiger partial charge in [-0.25, -0.2) is 0 Å². The molecule has 0 fully saturated rings. The molecule has 0 aliphatic rings. The number of amides is 2. The van der Waals surface area contributed by atoms with Gasteiger partial charge in [-0.3, -0.25) is 14.6 Å². The maximum atomic E-state index is 12.3. The van der Waals surface area contributed by atoms with E-state index in [2.05, 4.69) is 20.5 Å². The lowest BCUT2D eigenvalue weighted by atomic mass is 10.2. The predicted octanol–water partition coefficient (Wildman–Crippen LogP) is 2.79. The fourth-order valence-corrected chi connectivity index (χ4v) is 3.47. The van der Waals surface area contributed by atoms with E-state index in [1.54, 1.807) is 50.8 Å². The van der Waals surface area contributed by atoms with Crippen LogP contribution in [-0.4, -0.2) is 56.3 Å². The van der Waals surface area contributed by atoms with E-state index in [9.17, 15) is 9.59 Å². The Kier molecular flexibility index (Phi) is 6.61. The molecule has 0 saturated carbocycles. The van der Waals surface area contributed by atoms with E-state index in [0.717, 1.165) is 11.4 Å². The Morgan fingerprint density at radius 2 is 1.90 bits per heavy atom. The minimum absolute atomic E-state index is 0.0817. The average molecular weight is 411 g/mol. The Balaban J connectivity index is 1.61. The van der Waals surface area contributed by atoms with E-state index < -0.39 is 0 Å². The number of hydrogen-bond donors (Lipinski definition) is 1. The molecule has 1 N–H and O–H groups in total. The number of benzene rings is 1. The summed E-state index contributed by atoms with van der Waals surface area (Å²) in [6.07, 6.45) is 3.45. The summed E-state index contributed by atoms with van der Waals surface area (Å²) >= 11 is 1.32. The topological polar surface area (TPSA) is 93.0 Å². The third-order valence-corrected chi connectivity index (χ3v) is 5.07. The van der Waals surface area contributed by atoms with Crippen LogP contribution in [0.3, 0.4) is 0 Å². The number of carbonyl (C=O) groups excluding carboxylic acids is 2. The highest BCUT2D eigenvalue weighted by Gasteiger charge is 2.15. The Hall–Kier alpha value is -3.20. The van der Waals surface area contributed by atoms with Crippen molar-refractivity contribution in [3.8, 4) is 11.4 Å². The lowest BCUT2D eigenvalue weighted by molar-refractivity contribution is -0.113. The van der Waals surface area contributed by atoms with Crippen molar-refractivity contribution in [3.05, 3.63) is 54.4 Å². The van der Waals surface area contributed by atoms with Crippen LogP contribution in [0.15, 0.2) is 53.9 Å². The number of nitrogens with zero attached hydrogens (tertiary/aromatic N) is 5. The Morgan fingerprint density at radius 3 is 2.52 bits per heavy atom. The third kappa shape index (κ3) is 5.00. The van der Waals surface area contributed by atoms with E-state index >= 15 is 0 Å². The van der Waals surface area contributed by atoms with Gasteiger partial charge in [0, 0.05) is 49.8 Å². The quantitative estimate of drug-likeness (QED) is 0.602. The second kappa shape index (κ2) is 9.33. The van der Waals surface area contributed by atoms with E-state index in [4.69, 9.17) is 0 Å². The van der Waals surface area contributed by atoms with E-state index in [0.29, 0.717) is 23.0 Å². The van der Waals surface area contributed by atoms with Crippen molar-refractivity contribution in [2.45, 2.75) is 18.6 Å². The normalized spacial score (nSPS) is 10.6. The smallest absolute Gasteiger partial charge is 0.253 e. The summed E-state index contributed by atoms with van der Waals surface area (Å²) in [5.41, 5.74) is 2.09. The standard InChI is InChI=1S/C20H22N6O2S/c1-4-26-18(15-6-5-11-21-12-15)23-24-20(26)29-13-17(27)22-16-9-7-14(8-10-16)19(28)25(2)3/h5-12H,4,13H2,1-3H3,(H,22,27). The van der Waals surface area contributed by atoms with E-state index in [-0.39, 0.29) is 17.6 Å². The highest BCUT2D eigenvalue weighted by molar-refractivity contribution is 7.99. The number of hydrogen-bond acceptors (Lipinski definition) is 6. The van der Waals surface area contributed by atoms with Crippen LogP contribution < -0.4 is 5.32 Å². The molecule has 2 heterocycles. The average Bonchev–Trinajstić information content (AvgIpc) is 3.16. The van der Waals surface area contributed by atoms with Gasteiger partial charge in [-0.05, 0) is 43.3 Å². The highest BCUT2D eigenvalue weighted by Crippen LogP contribution is 2.23. The molecule has 0 saturated heterocycles. The van der Waals surface area contributed by atoms with E-state index in [1.807, 2.05) is 23.6 Å². The fourth-order valence-electron chi connectivity index (χ4n) is 2.67. The fraction of sp³-hybridized carbons (Fsp3) is 0.250. The number of pyridine rings is 1. The maximum Gasteiger partial charge on any atom is 0.253 e. The zero-order chi connectivity index (χ0) is 20.8. The summed E-state index contributed by atoms with van der Waals surface area (Å²) in [6, 6.07) is 10.6. The van der Waals surface area contributed by atoms with Crippen LogP contribution in [-0.2, 0) is 11.3 Å². The molecule has 9 heteroatoms. The molecule has 3 rings (SSSR count). The van der Waals surface area contributed by atoms with Gasteiger partial charge >= 0.3 is 0 Å². The molecule has 150 valence electrons. The molecular weight excluding hydrogens is 388 g/mol. The molecule has 0 aliphatic heterocycles. The number of rotatable bonds is 7. The predicted molar refractivity (Wildman–Crippen MR) is 113 cm³/mol. The van der Waals surface area contributed by atoms with Gasteiger partial charge in [0.2, 0.25) is 5.91 Å². The Labute approximate surface area is 173 Å². The van der Waals surface area contributed by atoms with Gasteiger partial charge < -0.3 is 14.8 Å². The number of anilines is 1. The SMILES string of the molecule is CCn1c(SCC(=O)Nc2ccc(C(=O)N(C)C)cc2)nnc1-c1cccnc1. The molecule has 0 radical (unpaired) electrons. The van der Waals surface area contributed by atoms with Crippen molar-refractivity contribution < 1.29 is 9.59 Å². The molecule has 0 spiro atoms. The monoisotopic (exact) mass is 410 g/mol. The molecule has 1 aromatic carbocycles. The van der Waals surface area contributed by atoms with Gasteiger partial charge in [-0.15, -0.1) is 10.2 Å². The molecule has 3 aromatic rings. The van der Waals surface area contributed by atoms with Gasteiger partial charge in [-0.1, -0.05) is 11.8 Å². The third-order valence-electron chi connectivity index (χ3n) is 4.11. The number of nitrogens with one attached hydrogen (secondary N) is 1. The first-order valence-corrected chi connectivity index (χ1v) is 10.1. The second-order valence-corrected chi connectivity index (χ2v) is 7.35. The van der Waals surface area contributed by atoms with Crippen molar-refractivity contribution in [1.29, 1.82) is 0 Å². The van der Waals surface area contributed by atoms with Crippen molar-refractivity contribution in [2.24, 2.45) is 0 Å². The van der Waals surface area contributed by atoms with Crippen molar-refractivity contribution in [3.63, 3.8) is 0 Å². The van der Waals surface area contributed by atoms with Gasteiger partial charge in [0.15, 0.2) is 11.0 Å². The zero-order valence-corrected chi connectivity index (χ0v) is 17.3. The minimum Gasteiger partial charge on any atom is -0.345 e. The Bertz CT molecular complexity index is 986. The summed E-state index contributed by atoms with van der Waals surface area (Å²) in [4.78, 5) is 29.9. The molecule has 0 aliphatic carbocycles. The molecule has 29 heavy (non-hydrogen) atoms. The molecule has 2 amide bonds. The largest absolute Gasteiger partial charge is 0.345 e. The van der Waals surface area contributed by atoms with Crippen LogP contribution in [0.25, 0.3) is 11.4 Å². The first kappa shape index (κ1) is 20.5. The lowest BCUT2D eigenvalue weighted by Crippen LogP contribution is -2.21. The van der Waals surface area contributed by atoms with Gasteiger partial charge in [0.05, 0.1) is 5.75 Å². The number of aromatic nitrogens is 4. The van der Waals surface area contributed by atoms with E-state index in [1.165, 1.54) is 16.7 Å². The Morgan fingerprint density at radius 1 is 1.14 bits per heavy atom. The van der Waals surface area contributed by atoms with Gasteiger partial charge in [-0.2, -0.15) is 0 Å². The first-order valence-electron chi connectivity index (χ1n) is 9.07. The van der Waals surface area contributed by atoms with Crippen LogP contribution >= 0.6 is 11.8 Å². The molecular formula is C20H22N6O2S. The molecule has 0 unspecified atom stereocenters. The molecule has 8 nitrogen and oxygen atoms in total. The van der Waals surface area contributed by atoms with Gasteiger partial charge in [0.1, 0.15) is 0 Å². The number of carbonyl (C=O) groups is 2. The second-order valence-electron chi connectivity index (χ2n) is 6.41. The van der Waals surface area contributed by atoms with Crippen LogP contribution in [0.1, 0.15) is 17.3 Å². The minimum atomic E-state index is -0.157. The van der Waals surface area contributed by atoms with Crippen LogP contribution in [0.4, 0.5) is 5.69 Å². The van der Waals surface area contributed by atoms with Gasteiger partial charge in [0.25, 0.3) is 5.91 Å². The highest BCUT2D eigenvalue weighted by atomic mass is 32.2. The van der Waals surface area contributed by atoms with Crippen LogP contribution in [0.5, 0.6) is 0 Å².